The van der Waals surface area contributed by atoms with Crippen molar-refractivity contribution in [2.45, 2.75) is 19.8 Å². The summed E-state index contributed by atoms with van der Waals surface area (Å²) in [4.78, 5) is 9.91. The highest BCUT2D eigenvalue weighted by molar-refractivity contribution is 5.85. The van der Waals surface area contributed by atoms with E-state index in [9.17, 15) is 10.1 Å². The van der Waals surface area contributed by atoms with Crippen LogP contribution in [0.15, 0.2) is 30.3 Å². The van der Waals surface area contributed by atoms with Crippen molar-refractivity contribution in [1.82, 2.24) is 0 Å². The van der Waals surface area contributed by atoms with Crippen molar-refractivity contribution in [2.75, 3.05) is 6.54 Å². The van der Waals surface area contributed by atoms with Crippen LogP contribution in [0.5, 0.6) is 0 Å². The number of nitrogens with one attached hydrogen (secondary N) is 1. The molecule has 0 aliphatic heterocycles. The lowest BCUT2D eigenvalue weighted by Crippen LogP contribution is -2.14. The van der Waals surface area contributed by atoms with Gasteiger partial charge in [0.1, 0.15) is 0 Å². The highest BCUT2D eigenvalue weighted by Gasteiger charge is 2.12. The fourth-order valence-corrected chi connectivity index (χ4v) is 1.55. The van der Waals surface area contributed by atoms with Crippen molar-refractivity contribution < 1.29 is 4.92 Å². The van der Waals surface area contributed by atoms with Crippen LogP contribution in [0.1, 0.15) is 18.9 Å². The number of benzene rings is 1. The molecule has 0 unspecified atom stereocenters. The normalized spacial score (nSPS) is 10.4. The van der Waals surface area contributed by atoms with Crippen LogP contribution in [0.2, 0.25) is 0 Å². The first kappa shape index (κ1) is 12.4. The fourth-order valence-electron chi connectivity index (χ4n) is 1.55. The van der Waals surface area contributed by atoms with Crippen molar-refractivity contribution in [3.05, 3.63) is 51.9 Å². The largest absolute Gasteiger partial charge is 0.309 e. The second-order valence-electron chi connectivity index (χ2n) is 3.89. The lowest BCUT2D eigenvalue weighted by Gasteiger charge is -2.07. The molecule has 4 nitrogen and oxygen atoms in total. The van der Waals surface area contributed by atoms with E-state index in [0.29, 0.717) is 18.6 Å². The van der Waals surface area contributed by atoms with Gasteiger partial charge in [-0.1, -0.05) is 37.3 Å². The minimum Gasteiger partial charge on any atom is -0.309 e. The quantitative estimate of drug-likeness (QED) is 0.453. The number of nitrogens with zero attached hydrogens (tertiary/aromatic N) is 1. The topological polar surface area (TPSA) is 67.0 Å². The Hall–Kier alpha value is -1.71. The van der Waals surface area contributed by atoms with E-state index in [2.05, 4.69) is 0 Å². The van der Waals surface area contributed by atoms with Gasteiger partial charge in [-0.05, 0) is 12.0 Å². The lowest BCUT2D eigenvalue weighted by atomic mass is 9.99. The SMILES string of the molecule is C[C](CC(=N)Cc1ccccc1)C[N+](=O)[O-]. The van der Waals surface area contributed by atoms with E-state index in [-0.39, 0.29) is 11.5 Å². The molecular weight excluding hydrogens is 204 g/mol. The van der Waals surface area contributed by atoms with Gasteiger partial charge in [0.05, 0.1) is 0 Å². The second-order valence-corrected chi connectivity index (χ2v) is 3.89. The van der Waals surface area contributed by atoms with Crippen LogP contribution >= 0.6 is 0 Å². The lowest BCUT2D eigenvalue weighted by molar-refractivity contribution is -0.475. The summed E-state index contributed by atoms with van der Waals surface area (Å²) >= 11 is 0. The van der Waals surface area contributed by atoms with Crippen LogP contribution in [-0.4, -0.2) is 17.2 Å². The third-order valence-electron chi connectivity index (χ3n) is 2.17. The second kappa shape index (κ2) is 6.00. The smallest absolute Gasteiger partial charge is 0.210 e. The molecule has 0 amide bonds. The highest BCUT2D eigenvalue weighted by Crippen LogP contribution is 2.09. The maximum Gasteiger partial charge on any atom is 0.210 e. The van der Waals surface area contributed by atoms with E-state index in [1.54, 1.807) is 6.92 Å². The molecule has 1 aromatic carbocycles. The van der Waals surface area contributed by atoms with E-state index >= 15 is 0 Å². The van der Waals surface area contributed by atoms with Crippen LogP contribution < -0.4 is 0 Å². The Morgan fingerprint density at radius 1 is 1.38 bits per heavy atom. The van der Waals surface area contributed by atoms with Gasteiger partial charge in [0, 0.05) is 23.0 Å². The maximum absolute atomic E-state index is 10.3. The number of nitro groups is 1. The molecule has 0 aliphatic rings. The van der Waals surface area contributed by atoms with E-state index in [0.717, 1.165) is 11.5 Å². The standard InChI is InChI=1S/C12H15N2O2/c1-10(9-14(15)16)7-12(13)8-11-5-3-2-4-6-11/h2-6,13H,7-9H2,1H3. The zero-order chi connectivity index (χ0) is 12.0. The Kier molecular flexibility index (Phi) is 4.64. The molecule has 0 bridgehead atoms. The summed E-state index contributed by atoms with van der Waals surface area (Å²) < 4.78 is 0. The summed E-state index contributed by atoms with van der Waals surface area (Å²) in [5, 5.41) is 18.0. The minimum atomic E-state index is -0.356. The van der Waals surface area contributed by atoms with E-state index in [1.165, 1.54) is 0 Å². The van der Waals surface area contributed by atoms with Crippen molar-refractivity contribution in [3.8, 4) is 0 Å². The Labute approximate surface area is 95.0 Å². The first-order valence-electron chi connectivity index (χ1n) is 5.11. The van der Waals surface area contributed by atoms with Gasteiger partial charge in [-0.2, -0.15) is 0 Å². The van der Waals surface area contributed by atoms with E-state index in [4.69, 9.17) is 5.41 Å². The molecule has 85 valence electrons. The molecule has 0 spiro atoms. The first-order valence-corrected chi connectivity index (χ1v) is 5.11. The van der Waals surface area contributed by atoms with Gasteiger partial charge >= 0.3 is 0 Å². The van der Waals surface area contributed by atoms with Crippen LogP contribution in [-0.2, 0) is 6.42 Å². The Bertz CT molecular complexity index is 363. The molecule has 1 aromatic rings. The average molecular weight is 219 g/mol. The number of hydrogen-bond donors (Lipinski definition) is 1. The summed E-state index contributed by atoms with van der Waals surface area (Å²) in [7, 11) is 0. The van der Waals surface area contributed by atoms with Crippen LogP contribution in [0, 0.1) is 21.4 Å². The van der Waals surface area contributed by atoms with Crippen LogP contribution in [0.4, 0.5) is 0 Å². The maximum atomic E-state index is 10.3. The molecular formula is C12H15N2O2. The third-order valence-corrected chi connectivity index (χ3v) is 2.17. The van der Waals surface area contributed by atoms with Crippen molar-refractivity contribution in [3.63, 3.8) is 0 Å². The van der Waals surface area contributed by atoms with Gasteiger partial charge in [-0.3, -0.25) is 10.1 Å². The molecule has 0 heterocycles. The van der Waals surface area contributed by atoms with Crippen LogP contribution in [0.3, 0.4) is 0 Å². The third kappa shape index (κ3) is 4.68. The fraction of sp³-hybridized carbons (Fsp3) is 0.333. The molecule has 16 heavy (non-hydrogen) atoms. The number of rotatable bonds is 6. The number of hydrogen-bond acceptors (Lipinski definition) is 3. The van der Waals surface area contributed by atoms with Crippen molar-refractivity contribution in [1.29, 1.82) is 5.41 Å². The molecule has 1 radical (unpaired) electrons. The predicted octanol–water partition coefficient (Wildman–Crippen LogP) is 2.51. The highest BCUT2D eigenvalue weighted by atomic mass is 16.6. The summed E-state index contributed by atoms with van der Waals surface area (Å²) in [6.45, 7) is 1.58. The summed E-state index contributed by atoms with van der Waals surface area (Å²) in [5.41, 5.74) is 1.59. The van der Waals surface area contributed by atoms with Gasteiger partial charge in [0.25, 0.3) is 0 Å². The molecule has 0 aromatic heterocycles. The Balaban J connectivity index is 2.39. The summed E-state index contributed by atoms with van der Waals surface area (Å²) in [6, 6.07) is 9.69. The zero-order valence-corrected chi connectivity index (χ0v) is 9.27. The molecule has 0 atom stereocenters. The first-order chi connectivity index (χ1) is 7.58. The molecule has 1 rings (SSSR count). The predicted molar refractivity (Wildman–Crippen MR) is 63.3 cm³/mol. The van der Waals surface area contributed by atoms with E-state index in [1.807, 2.05) is 30.3 Å². The average Bonchev–Trinajstić information content (AvgIpc) is 2.17. The van der Waals surface area contributed by atoms with Gasteiger partial charge in [-0.15, -0.1) is 0 Å². The van der Waals surface area contributed by atoms with Gasteiger partial charge in [-0.25, -0.2) is 0 Å². The Morgan fingerprint density at radius 2 is 2.00 bits per heavy atom. The molecule has 0 fully saturated rings. The summed E-state index contributed by atoms with van der Waals surface area (Å²) in [6.07, 6.45) is 0.978. The minimum absolute atomic E-state index is 0.142. The van der Waals surface area contributed by atoms with Gasteiger partial charge in [0.2, 0.25) is 6.54 Å². The molecule has 0 saturated heterocycles. The molecule has 0 aliphatic carbocycles. The van der Waals surface area contributed by atoms with E-state index < -0.39 is 0 Å². The summed E-state index contributed by atoms with van der Waals surface area (Å²) in [5.74, 6) is 0.728. The van der Waals surface area contributed by atoms with Crippen LogP contribution in [0.25, 0.3) is 0 Å². The van der Waals surface area contributed by atoms with Crippen molar-refractivity contribution in [2.24, 2.45) is 0 Å². The molecule has 0 saturated carbocycles. The molecule has 4 heteroatoms. The Morgan fingerprint density at radius 3 is 2.56 bits per heavy atom. The molecule has 1 N–H and O–H groups in total. The van der Waals surface area contributed by atoms with Gasteiger partial charge in [0.15, 0.2) is 0 Å². The zero-order valence-electron chi connectivity index (χ0n) is 9.27. The monoisotopic (exact) mass is 219 g/mol. The van der Waals surface area contributed by atoms with Gasteiger partial charge < -0.3 is 5.41 Å². The van der Waals surface area contributed by atoms with Crippen molar-refractivity contribution >= 4 is 5.71 Å².